The highest BCUT2D eigenvalue weighted by Crippen LogP contribution is 2.32. The number of nitriles is 3. The van der Waals surface area contributed by atoms with Gasteiger partial charge in [0.25, 0.3) is 0 Å². The maximum atomic E-state index is 13.3. The first-order chi connectivity index (χ1) is 42.6. The quantitative estimate of drug-likeness (QED) is 0.116. The number of halogens is 4. The van der Waals surface area contributed by atoms with Crippen LogP contribution < -0.4 is 0 Å². The standard InChI is InChI=1S/C26H21FN2O.C26H21FN2.C25H18BrFN2/c1-18-2-7-21(8-3-18)22(14-28)13-23-16-29(15-19-4-9-24(27)10-5-19)26-12-20(17-30)6-11-25(23)26;1-18-3-8-21(9-4-18)22(15-28)14-23-17-29(16-20-6-10-24(27)11-7-20)26-13-19(2)5-12-25(23)26;1-17-2-6-19(7-3-17)20(14-28)12-21-16-29(15-18-4-9-23(27)10-5-18)25-13-22(26)8-11-24(21)25/h2-13,16,30H,15,17H2,1H3;3-14,17H,16H2,1-2H3;2-13,16H,15H2,1H3/b22-13+;22-14+;20-12+. The van der Waals surface area contributed by atoms with Crippen LogP contribution in [0.5, 0.6) is 0 Å². The first-order valence-electron chi connectivity index (χ1n) is 28.5. The summed E-state index contributed by atoms with van der Waals surface area (Å²) in [5.41, 5.74) is 19.0. The van der Waals surface area contributed by atoms with E-state index in [-0.39, 0.29) is 24.1 Å². The SMILES string of the molecule is Cc1ccc(/C(C#N)=C/c2cn(Cc3ccc(F)cc3)c3cc(Br)ccc23)cc1.Cc1ccc(/C(C#N)=C/c2cn(Cc3ccc(F)cc3)c3cc(C)ccc23)cc1.Cc1ccc(/C(C#N)=C/c2cn(Cc3ccc(F)cc3)c3cc(CO)ccc23)cc1. The summed E-state index contributed by atoms with van der Waals surface area (Å²) in [4.78, 5) is 0. The molecule has 0 unspecified atom stereocenters. The second-order valence-electron chi connectivity index (χ2n) is 21.8. The van der Waals surface area contributed by atoms with Gasteiger partial charge in [0.1, 0.15) is 17.5 Å². The minimum Gasteiger partial charge on any atom is -0.392 e. The molecule has 0 aliphatic rings. The minimum atomic E-state index is -0.265. The highest BCUT2D eigenvalue weighted by atomic mass is 79.9. The molecule has 0 radical (unpaired) electrons. The van der Waals surface area contributed by atoms with E-state index in [2.05, 4.69) is 91.3 Å². The first-order valence-corrected chi connectivity index (χ1v) is 29.3. The fraction of sp³-hybridized carbons (Fsp3) is 0.104. The second-order valence-corrected chi connectivity index (χ2v) is 22.7. The zero-order valence-corrected chi connectivity index (χ0v) is 50.6. The van der Waals surface area contributed by atoms with Crippen LogP contribution in [0.25, 0.3) is 67.7 Å². The maximum absolute atomic E-state index is 13.3. The molecule has 9 aromatic carbocycles. The second kappa shape index (κ2) is 27.7. The van der Waals surface area contributed by atoms with Gasteiger partial charge in [-0.15, -0.1) is 0 Å². The van der Waals surface area contributed by atoms with Crippen LogP contribution in [0.3, 0.4) is 0 Å². The Balaban J connectivity index is 0.000000146. The molecular weight excluding hydrogens is 1160 g/mol. The van der Waals surface area contributed by atoms with E-state index in [0.717, 1.165) is 110 Å². The Morgan fingerprint density at radius 3 is 1.02 bits per heavy atom. The number of rotatable bonds is 13. The average Bonchev–Trinajstić information content (AvgIpc) is 2.61. The van der Waals surface area contributed by atoms with Crippen molar-refractivity contribution in [1.82, 2.24) is 13.7 Å². The summed E-state index contributed by atoms with van der Waals surface area (Å²) >= 11 is 3.55. The summed E-state index contributed by atoms with van der Waals surface area (Å²) in [5.74, 6) is -0.740. The number of allylic oxidation sites excluding steroid dienone is 3. The Morgan fingerprint density at radius 1 is 0.386 bits per heavy atom. The van der Waals surface area contributed by atoms with E-state index in [1.54, 1.807) is 36.4 Å². The van der Waals surface area contributed by atoms with E-state index in [1.807, 2.05) is 148 Å². The van der Waals surface area contributed by atoms with Crippen LogP contribution in [0, 0.1) is 79.1 Å². The molecule has 0 aliphatic carbocycles. The molecule has 0 amide bonds. The number of nitrogens with zero attached hydrogens (tertiary/aromatic N) is 6. The number of benzene rings is 9. The van der Waals surface area contributed by atoms with Crippen molar-refractivity contribution in [3.63, 3.8) is 0 Å². The molecule has 11 heteroatoms. The predicted octanol–water partition coefficient (Wildman–Crippen LogP) is 19.2. The van der Waals surface area contributed by atoms with Crippen molar-refractivity contribution in [2.75, 3.05) is 0 Å². The van der Waals surface area contributed by atoms with Gasteiger partial charge in [-0.2, -0.15) is 15.8 Å². The van der Waals surface area contributed by atoms with Gasteiger partial charge in [0.2, 0.25) is 0 Å². The molecule has 3 aromatic heterocycles. The fourth-order valence-corrected chi connectivity index (χ4v) is 10.8. The van der Waals surface area contributed by atoms with Crippen LogP contribution in [-0.4, -0.2) is 18.8 Å². The third-order valence-electron chi connectivity index (χ3n) is 15.3. The molecule has 0 fully saturated rings. The lowest BCUT2D eigenvalue weighted by Crippen LogP contribution is -1.98. The smallest absolute Gasteiger partial charge is 0.123 e. The summed E-state index contributed by atoms with van der Waals surface area (Å²) < 4.78 is 47.1. The third kappa shape index (κ3) is 14.8. The normalized spacial score (nSPS) is 11.6. The Kier molecular flexibility index (Phi) is 19.1. The Bertz CT molecular complexity index is 4500. The van der Waals surface area contributed by atoms with Gasteiger partial charge in [0.05, 0.1) is 47.1 Å². The van der Waals surface area contributed by atoms with Crippen LogP contribution in [-0.2, 0) is 26.2 Å². The number of aliphatic hydroxyl groups is 1. The highest BCUT2D eigenvalue weighted by Gasteiger charge is 2.15. The summed E-state index contributed by atoms with van der Waals surface area (Å²) in [5, 5.41) is 41.9. The fourth-order valence-electron chi connectivity index (χ4n) is 10.5. The van der Waals surface area contributed by atoms with E-state index in [0.29, 0.717) is 36.4 Å². The van der Waals surface area contributed by atoms with Crippen molar-refractivity contribution in [3.8, 4) is 18.2 Å². The van der Waals surface area contributed by atoms with Crippen molar-refractivity contribution in [2.45, 2.75) is 53.9 Å². The van der Waals surface area contributed by atoms with E-state index in [9.17, 15) is 34.1 Å². The van der Waals surface area contributed by atoms with Gasteiger partial charge in [-0.1, -0.05) is 172 Å². The van der Waals surface area contributed by atoms with Crippen LogP contribution >= 0.6 is 15.9 Å². The Hall–Kier alpha value is -10.5. The number of hydrogen-bond acceptors (Lipinski definition) is 4. The predicted molar refractivity (Wildman–Crippen MR) is 355 cm³/mol. The van der Waals surface area contributed by atoms with E-state index < -0.39 is 0 Å². The lowest BCUT2D eigenvalue weighted by atomic mass is 10.0. The van der Waals surface area contributed by atoms with Crippen molar-refractivity contribution in [2.24, 2.45) is 0 Å². The van der Waals surface area contributed by atoms with Crippen LogP contribution in [0.2, 0.25) is 0 Å². The number of aliphatic hydroxyl groups excluding tert-OH is 1. The Morgan fingerprint density at radius 2 is 0.682 bits per heavy atom. The molecule has 3 heterocycles. The zero-order chi connectivity index (χ0) is 61.8. The van der Waals surface area contributed by atoms with Gasteiger partial charge in [-0.05, 0) is 151 Å². The van der Waals surface area contributed by atoms with Crippen molar-refractivity contribution in [1.29, 1.82) is 15.8 Å². The van der Waals surface area contributed by atoms with Gasteiger partial charge < -0.3 is 18.8 Å². The molecule has 0 saturated heterocycles. The summed E-state index contributed by atoms with van der Waals surface area (Å²) in [7, 11) is 0. The summed E-state index contributed by atoms with van der Waals surface area (Å²) in [6.45, 7) is 9.92. The van der Waals surface area contributed by atoms with E-state index in [1.165, 1.54) is 42.0 Å². The van der Waals surface area contributed by atoms with Crippen molar-refractivity contribution >= 4 is 83.6 Å². The van der Waals surface area contributed by atoms with Crippen LogP contribution in [0.4, 0.5) is 13.2 Å². The number of hydrogen-bond donors (Lipinski definition) is 1. The maximum Gasteiger partial charge on any atom is 0.123 e. The van der Waals surface area contributed by atoms with Gasteiger partial charge in [-0.25, -0.2) is 13.2 Å². The highest BCUT2D eigenvalue weighted by molar-refractivity contribution is 9.10. The lowest BCUT2D eigenvalue weighted by Gasteiger charge is -2.06. The third-order valence-corrected chi connectivity index (χ3v) is 15.7. The van der Waals surface area contributed by atoms with E-state index in [4.69, 9.17) is 0 Å². The zero-order valence-electron chi connectivity index (χ0n) is 49.0. The largest absolute Gasteiger partial charge is 0.392 e. The molecule has 0 atom stereocenters. The van der Waals surface area contributed by atoms with Gasteiger partial charge in [-0.3, -0.25) is 0 Å². The Labute approximate surface area is 519 Å². The number of fused-ring (bicyclic) bond motifs is 3. The average molecular weight is 1220 g/mol. The van der Waals surface area contributed by atoms with Gasteiger partial charge in [0.15, 0.2) is 0 Å². The molecular formula is C77H60BrF3N6O. The lowest BCUT2D eigenvalue weighted by molar-refractivity contribution is 0.282. The summed E-state index contributed by atoms with van der Waals surface area (Å²) in [6, 6.07) is 68.6. The van der Waals surface area contributed by atoms with Crippen LogP contribution in [0.1, 0.15) is 77.9 Å². The molecule has 0 aliphatic heterocycles. The molecule has 0 saturated carbocycles. The first kappa shape index (κ1) is 60.6. The van der Waals surface area contributed by atoms with Crippen molar-refractivity contribution in [3.05, 3.63) is 319 Å². The van der Waals surface area contributed by atoms with Crippen LogP contribution in [0.15, 0.2) is 223 Å². The van der Waals surface area contributed by atoms with Gasteiger partial charge >= 0.3 is 0 Å². The molecule has 88 heavy (non-hydrogen) atoms. The molecule has 0 spiro atoms. The molecule has 1 N–H and O–H groups in total. The topological polar surface area (TPSA) is 106 Å². The number of aryl methyl sites for hydroxylation is 4. The van der Waals surface area contributed by atoms with E-state index >= 15 is 0 Å². The molecule has 0 bridgehead atoms. The summed E-state index contributed by atoms with van der Waals surface area (Å²) in [6.07, 6.45) is 11.9. The minimum absolute atomic E-state index is 0.0460. The molecule has 12 aromatic rings. The van der Waals surface area contributed by atoms with Gasteiger partial charge in [0, 0.05) is 86.6 Å². The molecule has 432 valence electrons. The molecule has 12 rings (SSSR count). The number of aromatic nitrogens is 3. The van der Waals surface area contributed by atoms with Crippen molar-refractivity contribution < 1.29 is 18.3 Å². The monoisotopic (exact) mass is 1220 g/mol. The molecule has 7 nitrogen and oxygen atoms in total.